The predicted octanol–water partition coefficient (Wildman–Crippen LogP) is -2.82. The number of aliphatic hydroxyl groups excluding tert-OH is 3. The van der Waals surface area contributed by atoms with Crippen LogP contribution < -0.4 is 0 Å². The Morgan fingerprint density at radius 1 is 1.42 bits per heavy atom. The molecule has 0 spiro atoms. The third-order valence-corrected chi connectivity index (χ3v) is 1.55. The summed E-state index contributed by atoms with van der Waals surface area (Å²) in [5, 5.41) is 34.7. The maximum atomic E-state index is 10.7. The molecule has 0 unspecified atom stereocenters. The molecule has 0 aromatic heterocycles. The summed E-state index contributed by atoms with van der Waals surface area (Å²) in [6.45, 7) is -0.696. The molecule has 112 valence electrons. The van der Waals surface area contributed by atoms with E-state index >= 15 is 0 Å². The van der Waals surface area contributed by atoms with Crippen molar-refractivity contribution in [1.29, 1.82) is 0 Å². The van der Waals surface area contributed by atoms with Crippen LogP contribution in [0.3, 0.4) is 0 Å². The molecule has 0 aromatic carbocycles. The molecule has 0 fully saturated rings. The van der Waals surface area contributed by atoms with Crippen LogP contribution in [0.2, 0.25) is 0 Å². The number of hydrogen-bond acceptors (Lipinski definition) is 11. The van der Waals surface area contributed by atoms with E-state index in [0.29, 0.717) is 0 Å². The largest absolute Gasteiger partial charge is 2.00 e. The van der Waals surface area contributed by atoms with Gasteiger partial charge in [-0.1, -0.05) is 0 Å². The second-order valence-corrected chi connectivity index (χ2v) is 3.60. The van der Waals surface area contributed by atoms with Gasteiger partial charge in [-0.05, 0) is 0 Å². The molecule has 13 heteroatoms. The molecule has 0 aromatic rings. The van der Waals surface area contributed by atoms with Crippen molar-refractivity contribution in [1.82, 2.24) is 0 Å². The molecule has 0 bridgehead atoms. The summed E-state index contributed by atoms with van der Waals surface area (Å²) >= 11 is 0. The van der Waals surface area contributed by atoms with Gasteiger partial charge in [-0.25, -0.2) is 10.1 Å². The zero-order chi connectivity index (χ0) is 14.5. The Morgan fingerprint density at radius 3 is 2.16 bits per heavy atom. The minimum absolute atomic E-state index is 0. The van der Waals surface area contributed by atoms with Crippen molar-refractivity contribution in [2.24, 2.45) is 0 Å². The van der Waals surface area contributed by atoms with E-state index in [9.17, 15) is 4.79 Å². The number of ether oxygens (including phenoxy) is 1. The van der Waals surface area contributed by atoms with Gasteiger partial charge >= 0.3 is 23.0 Å². The molecular weight excluding hydrogens is 336 g/mol. The van der Waals surface area contributed by atoms with Crippen molar-refractivity contribution >= 4 is 16.4 Å². The molecule has 2 atom stereocenters. The fourth-order valence-corrected chi connectivity index (χ4v) is 0.904. The summed E-state index contributed by atoms with van der Waals surface area (Å²) in [5.41, 5.74) is 0. The maximum Gasteiger partial charge on any atom is 2.00 e. The van der Waals surface area contributed by atoms with Gasteiger partial charge in [0, 0.05) is 10.4 Å². The Hall–Kier alpha value is -0.921. The standard InChI is InChI=1S/C6H8O7.Fe.H2O4S/c7-1-2(8)4-5(13-11)3(9)6(10)12-4;;1-5(2,3)4/h2,4,7-9,11H,1H2;;(H2,1,2,3,4)/q;+2;/p-2/t2-,4+;;/m0../s1. The Labute approximate surface area is 117 Å². The predicted molar refractivity (Wildman–Crippen MR) is 46.8 cm³/mol. The molecule has 1 aliphatic rings. The van der Waals surface area contributed by atoms with Gasteiger partial charge in [-0.15, -0.1) is 0 Å². The molecule has 1 heterocycles. The fraction of sp³-hybridized carbons (Fsp3) is 0.500. The molecule has 0 amide bonds. The second-order valence-electron chi connectivity index (χ2n) is 2.79. The van der Waals surface area contributed by atoms with Crippen molar-refractivity contribution < 1.29 is 69.6 Å². The number of cyclic esters (lactones) is 1. The third-order valence-electron chi connectivity index (χ3n) is 1.55. The van der Waals surface area contributed by atoms with E-state index in [1.807, 2.05) is 0 Å². The van der Waals surface area contributed by atoms with Crippen molar-refractivity contribution in [3.05, 3.63) is 11.5 Å². The SMILES string of the molecule is O=C1O[C@H]([C@@H](O)CO)C(OO)=C1O.O=S(=O)([O-])[O-].[Fe+2]. The van der Waals surface area contributed by atoms with Crippen LogP contribution >= 0.6 is 0 Å². The van der Waals surface area contributed by atoms with Crippen molar-refractivity contribution in [3.63, 3.8) is 0 Å². The van der Waals surface area contributed by atoms with Crippen molar-refractivity contribution in [2.45, 2.75) is 12.2 Å². The third kappa shape index (κ3) is 7.29. The Morgan fingerprint density at radius 2 is 1.84 bits per heavy atom. The number of rotatable bonds is 3. The smallest absolute Gasteiger partial charge is 0.759 e. The van der Waals surface area contributed by atoms with E-state index in [1.165, 1.54) is 0 Å². The zero-order valence-electron chi connectivity index (χ0n) is 8.77. The average Bonchev–Trinajstić information content (AvgIpc) is 2.52. The van der Waals surface area contributed by atoms with Gasteiger partial charge in [-0.3, -0.25) is 8.42 Å². The van der Waals surface area contributed by atoms with Crippen molar-refractivity contribution in [2.75, 3.05) is 6.61 Å². The van der Waals surface area contributed by atoms with Crippen LogP contribution in [0.5, 0.6) is 0 Å². The van der Waals surface area contributed by atoms with Crippen LogP contribution in [-0.4, -0.2) is 62.9 Å². The minimum atomic E-state index is -5.17. The van der Waals surface area contributed by atoms with Gasteiger partial charge in [0.05, 0.1) is 6.61 Å². The van der Waals surface area contributed by atoms with Crippen LogP contribution in [0.1, 0.15) is 0 Å². The molecule has 1 rings (SSSR count). The molecule has 0 saturated heterocycles. The summed E-state index contributed by atoms with van der Waals surface area (Å²) in [6, 6.07) is 0. The first-order valence-corrected chi connectivity index (χ1v) is 5.36. The van der Waals surface area contributed by atoms with E-state index in [-0.39, 0.29) is 17.1 Å². The van der Waals surface area contributed by atoms with Gasteiger partial charge in [0.15, 0.2) is 6.10 Å². The number of esters is 1. The van der Waals surface area contributed by atoms with E-state index in [4.69, 9.17) is 38.1 Å². The molecule has 0 saturated carbocycles. The molecule has 1 aliphatic heterocycles. The van der Waals surface area contributed by atoms with Crippen LogP contribution in [0.25, 0.3) is 0 Å². The maximum absolute atomic E-state index is 10.7. The summed E-state index contributed by atoms with van der Waals surface area (Å²) in [7, 11) is -5.17. The Balaban J connectivity index is 0. The van der Waals surface area contributed by atoms with Gasteiger partial charge in [0.1, 0.15) is 6.10 Å². The van der Waals surface area contributed by atoms with E-state index in [0.717, 1.165) is 0 Å². The van der Waals surface area contributed by atoms with Crippen molar-refractivity contribution in [3.8, 4) is 0 Å². The molecular formula is C6H8FeO11S. The minimum Gasteiger partial charge on any atom is -0.759 e. The zero-order valence-corrected chi connectivity index (χ0v) is 10.7. The molecule has 0 aliphatic carbocycles. The van der Waals surface area contributed by atoms with Crippen LogP contribution in [0, 0.1) is 0 Å². The molecule has 11 nitrogen and oxygen atoms in total. The van der Waals surface area contributed by atoms with E-state index < -0.39 is 46.7 Å². The summed E-state index contributed by atoms with van der Waals surface area (Å²) < 4.78 is 38.5. The first-order valence-electron chi connectivity index (χ1n) is 4.03. The van der Waals surface area contributed by atoms with Gasteiger partial charge in [0.25, 0.3) is 0 Å². The van der Waals surface area contributed by atoms with E-state index in [2.05, 4.69) is 9.62 Å². The average molecular weight is 344 g/mol. The van der Waals surface area contributed by atoms with Gasteiger partial charge < -0.3 is 34.0 Å². The second kappa shape index (κ2) is 8.29. The summed E-state index contributed by atoms with van der Waals surface area (Å²) in [4.78, 5) is 14.3. The van der Waals surface area contributed by atoms with E-state index in [1.54, 1.807) is 0 Å². The first-order chi connectivity index (χ1) is 8.11. The monoisotopic (exact) mass is 344 g/mol. The molecule has 0 radical (unpaired) electrons. The number of hydrogen-bond donors (Lipinski definition) is 4. The van der Waals surface area contributed by atoms with Gasteiger partial charge in [-0.2, -0.15) is 0 Å². The number of carbonyl (C=O) groups excluding carboxylic acids is 1. The normalized spacial score (nSPS) is 19.8. The van der Waals surface area contributed by atoms with Crippen LogP contribution in [0.15, 0.2) is 11.5 Å². The Kier molecular flexibility index (Phi) is 8.90. The first kappa shape index (κ1) is 20.4. The fourth-order valence-electron chi connectivity index (χ4n) is 0.904. The quantitative estimate of drug-likeness (QED) is 0.103. The number of carbonyl (C=O) groups is 1. The molecule has 4 N–H and O–H groups in total. The Bertz CT molecular complexity index is 420. The van der Waals surface area contributed by atoms with Crippen LogP contribution in [-0.2, 0) is 41.9 Å². The topological polar surface area (TPSA) is 197 Å². The van der Waals surface area contributed by atoms with Crippen LogP contribution in [0.4, 0.5) is 0 Å². The summed E-state index contributed by atoms with van der Waals surface area (Å²) in [6.07, 6.45) is -2.82. The number of aliphatic hydroxyl groups is 3. The van der Waals surface area contributed by atoms with Gasteiger partial charge in [0.2, 0.25) is 11.5 Å². The summed E-state index contributed by atoms with van der Waals surface area (Å²) in [5.74, 6) is -2.65. The molecule has 19 heavy (non-hydrogen) atoms.